The summed E-state index contributed by atoms with van der Waals surface area (Å²) in [6, 6.07) is -1.01. The zero-order valence-corrected chi connectivity index (χ0v) is 35.7. The summed E-state index contributed by atoms with van der Waals surface area (Å²) in [7, 11) is 0. The molecule has 0 rings (SSSR count). The normalized spacial score (nSPS) is 14.4. The molecular weight excluding hydrogens is 671 g/mol. The molecule has 0 aromatic rings. The van der Waals surface area contributed by atoms with Crippen LogP contribution in [0, 0.1) is 0 Å². The van der Waals surface area contributed by atoms with E-state index in [-0.39, 0.29) is 0 Å². The van der Waals surface area contributed by atoms with Crippen molar-refractivity contribution in [3.05, 3.63) is 36.5 Å². The Labute approximate surface area is 335 Å². The first-order chi connectivity index (χ1) is 26.5. The van der Waals surface area contributed by atoms with Gasteiger partial charge in [-0.15, -0.1) is 0 Å². The van der Waals surface area contributed by atoms with Crippen molar-refractivity contribution < 1.29 is 25.2 Å². The molecule has 0 bridgehead atoms. The van der Waals surface area contributed by atoms with Gasteiger partial charge in [0.2, 0.25) is 5.91 Å². The number of hydrogen-bond donors (Lipinski definition) is 5. The van der Waals surface area contributed by atoms with E-state index in [1.807, 2.05) is 0 Å². The van der Waals surface area contributed by atoms with Crippen molar-refractivity contribution in [2.24, 2.45) is 0 Å². The van der Waals surface area contributed by atoms with Crippen molar-refractivity contribution in [2.45, 2.75) is 257 Å². The number of aliphatic hydroxyl groups is 4. The second-order valence-electron chi connectivity index (χ2n) is 16.1. The number of aliphatic hydroxyl groups excluding tert-OH is 4. The van der Waals surface area contributed by atoms with Crippen LogP contribution in [0.15, 0.2) is 36.5 Å². The minimum atomic E-state index is -1.29. The molecule has 0 saturated heterocycles. The lowest BCUT2D eigenvalue weighted by Crippen LogP contribution is -2.53. The molecule has 0 aromatic carbocycles. The zero-order valence-electron chi connectivity index (χ0n) is 35.7. The third-order valence-corrected chi connectivity index (χ3v) is 10.8. The smallest absolute Gasteiger partial charge is 0.249 e. The highest BCUT2D eigenvalue weighted by Gasteiger charge is 2.28. The van der Waals surface area contributed by atoms with Gasteiger partial charge in [0.1, 0.15) is 12.2 Å². The monoisotopic (exact) mass is 762 g/mol. The van der Waals surface area contributed by atoms with Gasteiger partial charge in [-0.2, -0.15) is 0 Å². The van der Waals surface area contributed by atoms with E-state index in [0.29, 0.717) is 19.3 Å². The van der Waals surface area contributed by atoms with E-state index in [9.17, 15) is 25.2 Å². The number of allylic oxidation sites excluding steroid dienone is 6. The fourth-order valence-corrected chi connectivity index (χ4v) is 7.06. The summed E-state index contributed by atoms with van der Waals surface area (Å²) in [6.07, 6.45) is 50.6. The van der Waals surface area contributed by atoms with E-state index in [0.717, 1.165) is 57.8 Å². The van der Waals surface area contributed by atoms with Crippen LogP contribution in [0.1, 0.15) is 232 Å². The molecule has 0 aliphatic carbocycles. The molecule has 4 atom stereocenters. The Morgan fingerprint density at radius 2 is 0.778 bits per heavy atom. The van der Waals surface area contributed by atoms with Crippen LogP contribution in [0.25, 0.3) is 0 Å². The lowest BCUT2D eigenvalue weighted by atomic mass is 10.00. The van der Waals surface area contributed by atoms with E-state index in [1.54, 1.807) is 0 Å². The maximum Gasteiger partial charge on any atom is 0.249 e. The largest absolute Gasteiger partial charge is 0.394 e. The molecule has 1 amide bonds. The second-order valence-corrected chi connectivity index (χ2v) is 16.1. The second kappa shape index (κ2) is 42.7. The molecule has 0 aliphatic heterocycles. The Hall–Kier alpha value is -1.47. The Bertz CT molecular complexity index is 858. The standard InChI is InChI=1S/C48H91NO5/c1-3-5-7-9-11-13-15-16-17-18-19-20-21-22-23-24-25-26-27-28-29-30-32-33-35-37-39-41-45(51)47(53)44(43-50)49-48(54)46(52)42-40-38-36-34-31-14-12-10-8-6-4-2/h12,14,28-29,33,35,44-47,50-53H,3-11,13,15-27,30-32,34,36-43H2,1-2H3,(H,49,54)/b14-12-,29-28+,35-33+. The molecule has 0 saturated carbocycles. The number of nitrogens with one attached hydrogen (secondary N) is 1. The molecule has 0 radical (unpaired) electrons. The molecule has 6 nitrogen and oxygen atoms in total. The number of hydrogen-bond acceptors (Lipinski definition) is 5. The highest BCUT2D eigenvalue weighted by molar-refractivity contribution is 5.80. The minimum absolute atomic E-state index is 0.344. The average Bonchev–Trinajstić information content (AvgIpc) is 3.18. The van der Waals surface area contributed by atoms with Gasteiger partial charge in [-0.1, -0.05) is 192 Å². The lowest BCUT2D eigenvalue weighted by molar-refractivity contribution is -0.132. The number of carbonyl (C=O) groups is 1. The first-order valence-corrected chi connectivity index (χ1v) is 23.4. The van der Waals surface area contributed by atoms with Gasteiger partial charge in [0.25, 0.3) is 0 Å². The lowest BCUT2D eigenvalue weighted by Gasteiger charge is -2.27. The van der Waals surface area contributed by atoms with Gasteiger partial charge in [0.05, 0.1) is 18.8 Å². The number of carbonyl (C=O) groups excluding carboxylic acids is 1. The van der Waals surface area contributed by atoms with Gasteiger partial charge >= 0.3 is 0 Å². The summed E-state index contributed by atoms with van der Waals surface area (Å²) >= 11 is 0. The van der Waals surface area contributed by atoms with E-state index < -0.39 is 36.9 Å². The number of unbranched alkanes of at least 4 members (excludes halogenated alkanes) is 27. The molecule has 0 spiro atoms. The average molecular weight is 762 g/mol. The SMILES string of the molecule is CCCCC/C=C\CCCCCCC(O)C(=O)NC(CO)C(O)C(O)CCC/C=C/CC/C=C/CCCCCCCCCCCCCCCCCCCC. The van der Waals surface area contributed by atoms with Crippen molar-refractivity contribution >= 4 is 5.91 Å². The third kappa shape index (κ3) is 36.2. The molecule has 0 aliphatic rings. The Morgan fingerprint density at radius 3 is 1.20 bits per heavy atom. The molecule has 54 heavy (non-hydrogen) atoms. The van der Waals surface area contributed by atoms with E-state index in [4.69, 9.17) is 0 Å². The number of rotatable bonds is 42. The van der Waals surface area contributed by atoms with E-state index in [2.05, 4.69) is 55.6 Å². The fourth-order valence-electron chi connectivity index (χ4n) is 7.06. The highest BCUT2D eigenvalue weighted by atomic mass is 16.3. The first-order valence-electron chi connectivity index (χ1n) is 23.4. The molecule has 6 heteroatoms. The molecule has 5 N–H and O–H groups in total. The maximum atomic E-state index is 12.5. The number of amides is 1. The van der Waals surface area contributed by atoms with Crippen LogP contribution >= 0.6 is 0 Å². The first kappa shape index (κ1) is 52.5. The van der Waals surface area contributed by atoms with Crippen molar-refractivity contribution in [1.29, 1.82) is 0 Å². The van der Waals surface area contributed by atoms with E-state index in [1.165, 1.54) is 141 Å². The summed E-state index contributed by atoms with van der Waals surface area (Å²) in [5.41, 5.74) is 0. The molecule has 0 fully saturated rings. The van der Waals surface area contributed by atoms with Gasteiger partial charge in [0, 0.05) is 0 Å². The summed E-state index contributed by atoms with van der Waals surface area (Å²) in [6.45, 7) is 4.00. The minimum Gasteiger partial charge on any atom is -0.394 e. The van der Waals surface area contributed by atoms with Crippen LogP contribution in [0.2, 0.25) is 0 Å². The van der Waals surface area contributed by atoms with Crippen LogP contribution < -0.4 is 5.32 Å². The van der Waals surface area contributed by atoms with E-state index >= 15 is 0 Å². The molecule has 4 unspecified atom stereocenters. The third-order valence-electron chi connectivity index (χ3n) is 10.8. The highest BCUT2D eigenvalue weighted by Crippen LogP contribution is 2.16. The van der Waals surface area contributed by atoms with Crippen molar-refractivity contribution in [1.82, 2.24) is 5.32 Å². The predicted molar refractivity (Wildman–Crippen MR) is 233 cm³/mol. The van der Waals surface area contributed by atoms with Crippen molar-refractivity contribution in [2.75, 3.05) is 6.61 Å². The quantitative estimate of drug-likeness (QED) is 0.0314. The van der Waals surface area contributed by atoms with Gasteiger partial charge in [-0.05, 0) is 77.0 Å². The van der Waals surface area contributed by atoms with Gasteiger partial charge in [-0.25, -0.2) is 0 Å². The van der Waals surface area contributed by atoms with Gasteiger partial charge in [0.15, 0.2) is 0 Å². The fraction of sp³-hybridized carbons (Fsp3) is 0.854. The summed E-state index contributed by atoms with van der Waals surface area (Å²) in [5, 5.41) is 43.6. The van der Waals surface area contributed by atoms with Gasteiger partial charge in [-0.3, -0.25) is 4.79 Å². The Balaban J connectivity index is 3.71. The van der Waals surface area contributed by atoms with Crippen LogP contribution in [-0.2, 0) is 4.79 Å². The van der Waals surface area contributed by atoms with Crippen molar-refractivity contribution in [3.8, 4) is 0 Å². The molecule has 0 aromatic heterocycles. The van der Waals surface area contributed by atoms with Gasteiger partial charge < -0.3 is 25.7 Å². The summed E-state index contributed by atoms with van der Waals surface area (Å²) in [5.74, 6) is -0.609. The Morgan fingerprint density at radius 1 is 0.444 bits per heavy atom. The van der Waals surface area contributed by atoms with Crippen LogP contribution in [0.4, 0.5) is 0 Å². The molecular formula is C48H91NO5. The van der Waals surface area contributed by atoms with Crippen LogP contribution in [0.3, 0.4) is 0 Å². The van der Waals surface area contributed by atoms with Crippen molar-refractivity contribution in [3.63, 3.8) is 0 Å². The molecule has 0 heterocycles. The van der Waals surface area contributed by atoms with Crippen LogP contribution in [-0.4, -0.2) is 57.3 Å². The maximum absolute atomic E-state index is 12.5. The summed E-state index contributed by atoms with van der Waals surface area (Å²) < 4.78 is 0. The zero-order chi connectivity index (χ0) is 39.6. The topological polar surface area (TPSA) is 110 Å². The van der Waals surface area contributed by atoms with Crippen LogP contribution in [0.5, 0.6) is 0 Å². The Kier molecular flexibility index (Phi) is 41.5. The summed E-state index contributed by atoms with van der Waals surface area (Å²) in [4.78, 5) is 12.5. The molecule has 318 valence electrons. The predicted octanol–water partition coefficient (Wildman–Crippen LogP) is 12.5.